The molecule has 1 aromatic heterocycles. The molecule has 3 nitrogen and oxygen atoms in total. The van der Waals surface area contributed by atoms with E-state index in [0.29, 0.717) is 17.4 Å². The highest BCUT2D eigenvalue weighted by molar-refractivity contribution is 7.12. The zero-order chi connectivity index (χ0) is 20.1. The van der Waals surface area contributed by atoms with E-state index in [2.05, 4.69) is 0 Å². The summed E-state index contributed by atoms with van der Waals surface area (Å²) < 4.78 is 11.3. The predicted molar refractivity (Wildman–Crippen MR) is 116 cm³/mol. The molecule has 0 N–H and O–H groups in total. The molecule has 3 aromatic rings. The molecule has 5 heteroatoms. The summed E-state index contributed by atoms with van der Waals surface area (Å²) in [4.78, 5) is 14.6. The molecule has 0 saturated carbocycles. The second-order valence-electron chi connectivity index (χ2n) is 6.31. The van der Waals surface area contributed by atoms with Gasteiger partial charge < -0.3 is 9.47 Å². The van der Waals surface area contributed by atoms with Crippen LogP contribution in [0, 0.1) is 13.8 Å². The molecule has 0 aliphatic heterocycles. The van der Waals surface area contributed by atoms with Crippen molar-refractivity contribution in [2.24, 2.45) is 0 Å². The van der Waals surface area contributed by atoms with E-state index in [1.165, 1.54) is 0 Å². The summed E-state index contributed by atoms with van der Waals surface area (Å²) in [6, 6.07) is 15.0. The summed E-state index contributed by atoms with van der Waals surface area (Å²) in [7, 11) is 1.62. The van der Waals surface area contributed by atoms with Crippen LogP contribution >= 0.6 is 22.9 Å². The molecular formula is C23H21ClO3S. The van der Waals surface area contributed by atoms with Gasteiger partial charge in [0.2, 0.25) is 0 Å². The number of hydrogen-bond donors (Lipinski definition) is 0. The van der Waals surface area contributed by atoms with Crippen LogP contribution in [0.5, 0.6) is 11.5 Å². The molecule has 0 fully saturated rings. The number of para-hydroxylation sites is 1. The van der Waals surface area contributed by atoms with Crippen molar-refractivity contribution in [3.8, 4) is 11.5 Å². The maximum Gasteiger partial charge on any atom is 0.186 e. The van der Waals surface area contributed by atoms with Crippen LogP contribution in [-0.2, 0) is 6.61 Å². The van der Waals surface area contributed by atoms with Gasteiger partial charge in [0.25, 0.3) is 0 Å². The lowest BCUT2D eigenvalue weighted by Crippen LogP contribution is -2.00. The van der Waals surface area contributed by atoms with Gasteiger partial charge in [-0.3, -0.25) is 4.79 Å². The van der Waals surface area contributed by atoms with Gasteiger partial charge in [-0.25, -0.2) is 0 Å². The SMILES string of the molecule is COc1ccc(/C=C/C(=O)c2cc(C)sc2C)cc1COc1ccccc1Cl. The van der Waals surface area contributed by atoms with E-state index < -0.39 is 0 Å². The van der Waals surface area contributed by atoms with E-state index in [-0.39, 0.29) is 5.78 Å². The Morgan fingerprint density at radius 3 is 2.57 bits per heavy atom. The van der Waals surface area contributed by atoms with Crippen LogP contribution in [0.1, 0.15) is 31.2 Å². The first-order valence-electron chi connectivity index (χ1n) is 8.81. The van der Waals surface area contributed by atoms with Gasteiger partial charge in [-0.15, -0.1) is 11.3 Å². The van der Waals surface area contributed by atoms with Crippen LogP contribution in [0.3, 0.4) is 0 Å². The van der Waals surface area contributed by atoms with Gasteiger partial charge in [0.05, 0.1) is 12.1 Å². The van der Waals surface area contributed by atoms with Crippen molar-refractivity contribution in [2.75, 3.05) is 7.11 Å². The van der Waals surface area contributed by atoms with Gasteiger partial charge in [0.15, 0.2) is 5.78 Å². The molecule has 0 amide bonds. The highest BCUT2D eigenvalue weighted by Gasteiger charge is 2.10. The first kappa shape index (κ1) is 20.2. The Morgan fingerprint density at radius 1 is 1.11 bits per heavy atom. The van der Waals surface area contributed by atoms with E-state index in [1.807, 2.05) is 62.4 Å². The minimum Gasteiger partial charge on any atom is -0.496 e. The Morgan fingerprint density at radius 2 is 1.89 bits per heavy atom. The number of ketones is 1. The number of carbonyl (C=O) groups excluding carboxylic acids is 1. The molecule has 0 spiro atoms. The number of methoxy groups -OCH3 is 1. The van der Waals surface area contributed by atoms with Crippen LogP contribution in [0.2, 0.25) is 5.02 Å². The number of ether oxygens (including phenoxy) is 2. The molecule has 0 radical (unpaired) electrons. The van der Waals surface area contributed by atoms with E-state index in [0.717, 1.165) is 32.2 Å². The Hall–Kier alpha value is -2.56. The largest absolute Gasteiger partial charge is 0.496 e. The second kappa shape index (κ2) is 9.09. The number of halogens is 1. The summed E-state index contributed by atoms with van der Waals surface area (Å²) in [5.41, 5.74) is 2.53. The quantitative estimate of drug-likeness (QED) is 0.328. The van der Waals surface area contributed by atoms with Gasteiger partial charge in [-0.2, -0.15) is 0 Å². The first-order valence-corrected chi connectivity index (χ1v) is 10.0. The van der Waals surface area contributed by atoms with Crippen LogP contribution in [0.15, 0.2) is 54.6 Å². The smallest absolute Gasteiger partial charge is 0.186 e. The normalized spacial score (nSPS) is 11.0. The molecule has 0 aliphatic carbocycles. The Bertz CT molecular complexity index is 1020. The number of carbonyl (C=O) groups is 1. The minimum atomic E-state index is 0.00605. The van der Waals surface area contributed by atoms with Crippen molar-refractivity contribution in [2.45, 2.75) is 20.5 Å². The van der Waals surface area contributed by atoms with E-state index in [1.54, 1.807) is 30.6 Å². The number of thiophene rings is 1. The summed E-state index contributed by atoms with van der Waals surface area (Å²) in [6.07, 6.45) is 3.42. The minimum absolute atomic E-state index is 0.00605. The number of rotatable bonds is 7. The third kappa shape index (κ3) is 4.83. The van der Waals surface area contributed by atoms with E-state index >= 15 is 0 Å². The Labute approximate surface area is 174 Å². The molecule has 1 heterocycles. The van der Waals surface area contributed by atoms with Crippen molar-refractivity contribution in [3.05, 3.63) is 86.1 Å². The monoisotopic (exact) mass is 412 g/mol. The van der Waals surface area contributed by atoms with E-state index in [4.69, 9.17) is 21.1 Å². The van der Waals surface area contributed by atoms with Crippen LogP contribution in [0.4, 0.5) is 0 Å². The number of allylic oxidation sites excluding steroid dienone is 1. The fraction of sp³-hybridized carbons (Fsp3) is 0.174. The number of aryl methyl sites for hydroxylation is 2. The lowest BCUT2D eigenvalue weighted by Gasteiger charge is -2.12. The molecule has 2 aromatic carbocycles. The molecule has 0 bridgehead atoms. The van der Waals surface area contributed by atoms with Crippen molar-refractivity contribution in [1.82, 2.24) is 0 Å². The van der Waals surface area contributed by atoms with Gasteiger partial charge >= 0.3 is 0 Å². The summed E-state index contributed by atoms with van der Waals surface area (Å²) in [6.45, 7) is 4.29. The Kier molecular flexibility index (Phi) is 6.55. The fourth-order valence-electron chi connectivity index (χ4n) is 2.87. The molecule has 0 unspecified atom stereocenters. The molecular weight excluding hydrogens is 392 g/mol. The maximum absolute atomic E-state index is 12.5. The maximum atomic E-state index is 12.5. The van der Waals surface area contributed by atoms with Gasteiger partial charge in [-0.05, 0) is 55.8 Å². The van der Waals surface area contributed by atoms with Gasteiger partial charge in [0.1, 0.15) is 18.1 Å². The Balaban J connectivity index is 1.77. The zero-order valence-corrected chi connectivity index (χ0v) is 17.6. The van der Waals surface area contributed by atoms with Gasteiger partial charge in [0, 0.05) is 20.9 Å². The highest BCUT2D eigenvalue weighted by atomic mass is 35.5. The molecule has 0 atom stereocenters. The van der Waals surface area contributed by atoms with Crippen LogP contribution in [0.25, 0.3) is 6.08 Å². The summed E-state index contributed by atoms with van der Waals surface area (Å²) in [5.74, 6) is 1.34. The zero-order valence-electron chi connectivity index (χ0n) is 16.0. The van der Waals surface area contributed by atoms with Crippen molar-refractivity contribution in [3.63, 3.8) is 0 Å². The third-order valence-corrected chi connectivity index (χ3v) is 5.54. The first-order chi connectivity index (χ1) is 13.5. The lowest BCUT2D eigenvalue weighted by atomic mass is 10.1. The van der Waals surface area contributed by atoms with Crippen molar-refractivity contribution >= 4 is 34.8 Å². The molecule has 28 heavy (non-hydrogen) atoms. The van der Waals surface area contributed by atoms with Crippen molar-refractivity contribution < 1.29 is 14.3 Å². The molecule has 144 valence electrons. The number of benzene rings is 2. The molecule has 3 rings (SSSR count). The molecule has 0 saturated heterocycles. The van der Waals surface area contributed by atoms with Crippen LogP contribution < -0.4 is 9.47 Å². The van der Waals surface area contributed by atoms with E-state index in [9.17, 15) is 4.79 Å². The third-order valence-electron chi connectivity index (χ3n) is 4.26. The summed E-state index contributed by atoms with van der Waals surface area (Å²) in [5, 5.41) is 0.560. The average molecular weight is 413 g/mol. The molecule has 0 aliphatic rings. The predicted octanol–water partition coefficient (Wildman–Crippen LogP) is 6.50. The van der Waals surface area contributed by atoms with Crippen molar-refractivity contribution in [1.29, 1.82) is 0 Å². The topological polar surface area (TPSA) is 35.5 Å². The lowest BCUT2D eigenvalue weighted by molar-refractivity contribution is 0.104. The second-order valence-corrected chi connectivity index (χ2v) is 8.18. The fourth-order valence-corrected chi connectivity index (χ4v) is 3.99. The highest BCUT2D eigenvalue weighted by Crippen LogP contribution is 2.27. The number of hydrogen-bond acceptors (Lipinski definition) is 4. The van der Waals surface area contributed by atoms with Crippen LogP contribution in [-0.4, -0.2) is 12.9 Å². The summed E-state index contributed by atoms with van der Waals surface area (Å²) >= 11 is 7.78. The van der Waals surface area contributed by atoms with Gasteiger partial charge in [-0.1, -0.05) is 35.9 Å². The standard InChI is InChI=1S/C23H21ClO3S/c1-15-12-19(16(2)28-15)21(25)10-8-17-9-11-22(26-3)18(13-17)14-27-23-7-5-4-6-20(23)24/h4-13H,14H2,1-3H3/b10-8+. The average Bonchev–Trinajstić information content (AvgIpc) is 3.03.